The molecular formula is C46H42IrN2OS-2. The summed E-state index contributed by atoms with van der Waals surface area (Å²) in [4.78, 5) is 9.29. The monoisotopic (exact) mass is 865 g/mol. The number of hydrogen-bond acceptors (Lipinski definition) is 4. The quantitative estimate of drug-likeness (QED) is 0.165. The Morgan fingerprint density at radius 1 is 0.745 bits per heavy atom. The molecule has 259 valence electrons. The molecule has 0 saturated heterocycles. The summed E-state index contributed by atoms with van der Waals surface area (Å²) in [6.07, 6.45) is 2.13. The zero-order chi connectivity index (χ0) is 36.9. The van der Waals surface area contributed by atoms with Gasteiger partial charge in [-0.05, 0) is 96.2 Å². The minimum absolute atomic E-state index is 0. The van der Waals surface area contributed by atoms with Gasteiger partial charge in [-0.2, -0.15) is 0 Å². The number of aromatic nitrogens is 2. The van der Waals surface area contributed by atoms with E-state index in [4.69, 9.17) is 9.40 Å². The van der Waals surface area contributed by atoms with Gasteiger partial charge in [0.15, 0.2) is 0 Å². The summed E-state index contributed by atoms with van der Waals surface area (Å²) in [6.45, 7) is 16.2. The molecule has 8 aromatic rings. The third-order valence-electron chi connectivity index (χ3n) is 9.07. The Balaban J connectivity index is 0.000000252. The van der Waals surface area contributed by atoms with Crippen LogP contribution in [0.2, 0.25) is 0 Å². The van der Waals surface area contributed by atoms with Crippen LogP contribution in [0.1, 0.15) is 56.9 Å². The molecule has 51 heavy (non-hydrogen) atoms. The molecule has 0 spiro atoms. The SMILES string of the molecule is Cc1c[c-]c(-c2cc(C)c(C)cn2)cc1.[2H]C([2H])(c1cc(-c2[c-]ccc3c2oc2c4ccsc4ccc32)ncc1-c1c(C)cccc1C)C(C)(C)C.[Ir]. The summed E-state index contributed by atoms with van der Waals surface area (Å²) in [5, 5.41) is 5.26. The Kier molecular flexibility index (Phi) is 9.70. The molecule has 4 aromatic carbocycles. The van der Waals surface area contributed by atoms with Gasteiger partial charge < -0.3 is 14.4 Å². The fraction of sp³-hybridized carbons (Fsp3) is 0.217. The second-order valence-corrected chi connectivity index (χ2v) is 15.1. The van der Waals surface area contributed by atoms with Gasteiger partial charge in [0.1, 0.15) is 5.58 Å². The first kappa shape index (κ1) is 33.7. The maximum absolute atomic E-state index is 9.24. The Morgan fingerprint density at radius 2 is 1.49 bits per heavy atom. The number of furan rings is 1. The Hall–Kier alpha value is -4.41. The maximum atomic E-state index is 9.24. The average Bonchev–Trinajstić information content (AvgIpc) is 3.75. The van der Waals surface area contributed by atoms with Crippen LogP contribution in [-0.4, -0.2) is 9.97 Å². The molecule has 0 unspecified atom stereocenters. The van der Waals surface area contributed by atoms with Crippen LogP contribution in [0.5, 0.6) is 0 Å². The van der Waals surface area contributed by atoms with Crippen molar-refractivity contribution in [2.75, 3.05) is 0 Å². The molecule has 0 aliphatic rings. The Labute approximate surface area is 322 Å². The summed E-state index contributed by atoms with van der Waals surface area (Å²) in [7, 11) is 0. The van der Waals surface area contributed by atoms with E-state index in [9.17, 15) is 2.74 Å². The number of rotatable bonds is 4. The van der Waals surface area contributed by atoms with Crippen LogP contribution in [0.25, 0.3) is 65.7 Å². The zero-order valence-corrected chi connectivity index (χ0v) is 33.5. The van der Waals surface area contributed by atoms with E-state index in [1.165, 1.54) is 21.4 Å². The fourth-order valence-electron chi connectivity index (χ4n) is 6.41. The van der Waals surface area contributed by atoms with E-state index in [0.29, 0.717) is 11.3 Å². The summed E-state index contributed by atoms with van der Waals surface area (Å²) < 4.78 is 26.2. The van der Waals surface area contributed by atoms with E-state index >= 15 is 0 Å². The summed E-state index contributed by atoms with van der Waals surface area (Å²) >= 11 is 1.70. The molecule has 4 aromatic heterocycles. The fourth-order valence-corrected chi connectivity index (χ4v) is 7.19. The second kappa shape index (κ2) is 14.7. The number of benzene rings is 4. The standard InChI is InChI=1S/C32H28NOS.C14H14N.Ir/c1-19-8-6-9-20(2)29(19)26-18-33-27(16-21(26)17-32(3,4)5)24-11-7-10-22-23-12-13-28-25(14-15-35-28)31(23)34-30(22)24;1-10-4-6-13(7-5-10)14-8-11(2)12(3)9-15-14;/h6-10,12-16,18H,17H2,1-5H3;4-6,8-9H,1-3H3;/q2*-1;/i17D2;;. The summed E-state index contributed by atoms with van der Waals surface area (Å²) in [5.41, 5.74) is 12.9. The van der Waals surface area contributed by atoms with Crippen molar-refractivity contribution in [2.45, 2.75) is 61.8 Å². The molecule has 0 saturated carbocycles. The van der Waals surface area contributed by atoms with Crippen LogP contribution in [-0.2, 0) is 26.5 Å². The van der Waals surface area contributed by atoms with Crippen molar-refractivity contribution in [3.8, 4) is 33.6 Å². The van der Waals surface area contributed by atoms with Crippen LogP contribution < -0.4 is 0 Å². The maximum Gasteiger partial charge on any atom is 0.129 e. The van der Waals surface area contributed by atoms with Gasteiger partial charge in [-0.25, -0.2) is 0 Å². The van der Waals surface area contributed by atoms with Crippen molar-refractivity contribution in [3.05, 3.63) is 142 Å². The number of hydrogen-bond donors (Lipinski definition) is 0. The molecule has 0 N–H and O–H groups in total. The van der Waals surface area contributed by atoms with Gasteiger partial charge in [0, 0.05) is 56.3 Å². The molecule has 3 nitrogen and oxygen atoms in total. The van der Waals surface area contributed by atoms with Crippen LogP contribution in [0, 0.1) is 52.2 Å². The zero-order valence-electron chi connectivity index (χ0n) is 32.3. The number of pyridine rings is 2. The van der Waals surface area contributed by atoms with Crippen LogP contribution in [0.4, 0.5) is 0 Å². The van der Waals surface area contributed by atoms with Crippen molar-refractivity contribution >= 4 is 43.4 Å². The third kappa shape index (κ3) is 7.48. The summed E-state index contributed by atoms with van der Waals surface area (Å²) in [6, 6.07) is 33.2. The van der Waals surface area contributed by atoms with E-state index in [0.717, 1.165) is 66.4 Å². The number of aryl methyl sites for hydroxylation is 5. The first-order valence-electron chi connectivity index (χ1n) is 18.0. The van der Waals surface area contributed by atoms with Crippen molar-refractivity contribution in [1.82, 2.24) is 9.97 Å². The van der Waals surface area contributed by atoms with Crippen LogP contribution in [0.15, 0.2) is 101 Å². The minimum Gasteiger partial charge on any atom is -0.500 e. The van der Waals surface area contributed by atoms with Gasteiger partial charge in [0.05, 0.1) is 5.58 Å². The van der Waals surface area contributed by atoms with Crippen LogP contribution in [0.3, 0.4) is 0 Å². The molecule has 0 atom stereocenters. The number of nitrogens with zero attached hydrogens (tertiary/aromatic N) is 2. The number of thiophene rings is 1. The molecule has 0 aliphatic carbocycles. The molecule has 8 rings (SSSR count). The van der Waals surface area contributed by atoms with Gasteiger partial charge in [-0.3, -0.25) is 0 Å². The third-order valence-corrected chi connectivity index (χ3v) is 9.95. The van der Waals surface area contributed by atoms with Gasteiger partial charge in [0.25, 0.3) is 0 Å². The number of fused-ring (bicyclic) bond motifs is 5. The van der Waals surface area contributed by atoms with E-state index in [2.05, 4.69) is 106 Å². The van der Waals surface area contributed by atoms with Crippen molar-refractivity contribution in [3.63, 3.8) is 0 Å². The van der Waals surface area contributed by atoms with Crippen molar-refractivity contribution < 1.29 is 27.3 Å². The first-order valence-corrected chi connectivity index (χ1v) is 17.8. The molecule has 0 amide bonds. The Bertz CT molecular complexity index is 2580. The second-order valence-electron chi connectivity index (χ2n) is 14.2. The predicted molar refractivity (Wildman–Crippen MR) is 212 cm³/mol. The van der Waals surface area contributed by atoms with Gasteiger partial charge in [0.2, 0.25) is 0 Å². The average molecular weight is 865 g/mol. The molecule has 4 heterocycles. The molecule has 1 radical (unpaired) electrons. The molecular weight excluding hydrogens is 821 g/mol. The predicted octanol–water partition coefficient (Wildman–Crippen LogP) is 13.0. The minimum atomic E-state index is -1.61. The van der Waals surface area contributed by atoms with E-state index in [1.807, 2.05) is 63.5 Å². The smallest absolute Gasteiger partial charge is 0.129 e. The summed E-state index contributed by atoms with van der Waals surface area (Å²) in [5.74, 6) is 0. The van der Waals surface area contributed by atoms with Gasteiger partial charge >= 0.3 is 0 Å². The Morgan fingerprint density at radius 3 is 2.20 bits per heavy atom. The molecule has 5 heteroatoms. The van der Waals surface area contributed by atoms with Gasteiger partial charge in [-0.1, -0.05) is 80.6 Å². The van der Waals surface area contributed by atoms with E-state index in [-0.39, 0.29) is 20.1 Å². The first-order chi connectivity index (χ1) is 24.7. The normalized spacial score (nSPS) is 12.3. The van der Waals surface area contributed by atoms with E-state index < -0.39 is 11.8 Å². The van der Waals surface area contributed by atoms with Crippen molar-refractivity contribution in [2.24, 2.45) is 5.41 Å². The molecule has 0 bridgehead atoms. The van der Waals surface area contributed by atoms with E-state index in [1.54, 1.807) is 11.3 Å². The topological polar surface area (TPSA) is 38.9 Å². The molecule has 0 aliphatic heterocycles. The van der Waals surface area contributed by atoms with Gasteiger partial charge in [-0.15, -0.1) is 64.9 Å². The molecule has 0 fully saturated rings. The van der Waals surface area contributed by atoms with Crippen LogP contribution >= 0.6 is 11.3 Å². The largest absolute Gasteiger partial charge is 0.500 e. The van der Waals surface area contributed by atoms with Crippen molar-refractivity contribution in [1.29, 1.82) is 0 Å².